The number of amides is 2. The SMILES string of the molecule is CCCCCCCCCCCCCCCC(=O)N[C@@H](CNC(=O)CCCCCCCCCCCCC)C(C)C. The summed E-state index contributed by atoms with van der Waals surface area (Å²) in [6.07, 6.45) is 32.6. The third kappa shape index (κ3) is 28.3. The second kappa shape index (κ2) is 29.9. The zero-order valence-electron chi connectivity index (χ0n) is 27.1. The van der Waals surface area contributed by atoms with Crippen molar-refractivity contribution in [2.24, 2.45) is 5.92 Å². The summed E-state index contributed by atoms with van der Waals surface area (Å²) in [5.74, 6) is 0.571. The van der Waals surface area contributed by atoms with Crippen LogP contribution in [-0.2, 0) is 9.59 Å². The molecule has 0 aliphatic heterocycles. The number of nitrogens with one attached hydrogen (secondary N) is 2. The molecule has 2 N–H and O–H groups in total. The molecule has 1 atom stereocenters. The summed E-state index contributed by atoms with van der Waals surface area (Å²) >= 11 is 0. The summed E-state index contributed by atoms with van der Waals surface area (Å²) in [6, 6.07) is 0.0146. The normalized spacial score (nSPS) is 12.1. The summed E-state index contributed by atoms with van der Waals surface area (Å²) in [5, 5.41) is 6.24. The Balaban J connectivity index is 3.68. The number of carbonyl (C=O) groups excluding carboxylic acids is 2. The van der Waals surface area contributed by atoms with E-state index >= 15 is 0 Å². The predicted molar refractivity (Wildman–Crippen MR) is 171 cm³/mol. The predicted octanol–water partition coefficient (Wildman–Crippen LogP) is 10.4. The van der Waals surface area contributed by atoms with Crippen LogP contribution in [-0.4, -0.2) is 24.4 Å². The van der Waals surface area contributed by atoms with E-state index in [1.54, 1.807) is 0 Å². The first kappa shape index (κ1) is 37.9. The minimum atomic E-state index is 0.0146. The molecule has 4 heteroatoms. The van der Waals surface area contributed by atoms with Crippen LogP contribution in [0.5, 0.6) is 0 Å². The zero-order chi connectivity index (χ0) is 28.8. The molecule has 0 bridgehead atoms. The Morgan fingerprint density at radius 3 is 1.10 bits per heavy atom. The number of hydrogen-bond donors (Lipinski definition) is 2. The average Bonchev–Trinajstić information content (AvgIpc) is 2.92. The summed E-state index contributed by atoms with van der Waals surface area (Å²) < 4.78 is 0. The second-order valence-electron chi connectivity index (χ2n) is 12.5. The van der Waals surface area contributed by atoms with Gasteiger partial charge in [0, 0.05) is 25.4 Å². The maximum atomic E-state index is 12.5. The average molecular weight is 551 g/mol. The third-order valence-electron chi connectivity index (χ3n) is 8.19. The monoisotopic (exact) mass is 551 g/mol. The highest BCUT2D eigenvalue weighted by molar-refractivity contribution is 5.77. The molecule has 4 nitrogen and oxygen atoms in total. The zero-order valence-corrected chi connectivity index (χ0v) is 27.1. The van der Waals surface area contributed by atoms with Crippen LogP contribution >= 0.6 is 0 Å². The Morgan fingerprint density at radius 1 is 0.462 bits per heavy atom. The largest absolute Gasteiger partial charge is 0.354 e. The molecule has 0 saturated carbocycles. The molecule has 0 saturated heterocycles. The van der Waals surface area contributed by atoms with Gasteiger partial charge in [0.05, 0.1) is 0 Å². The molecule has 0 spiro atoms. The molecule has 39 heavy (non-hydrogen) atoms. The fraction of sp³-hybridized carbons (Fsp3) is 0.943. The van der Waals surface area contributed by atoms with E-state index in [4.69, 9.17) is 0 Å². The van der Waals surface area contributed by atoms with E-state index in [9.17, 15) is 9.59 Å². The van der Waals surface area contributed by atoms with Crippen molar-refractivity contribution < 1.29 is 9.59 Å². The first-order valence-corrected chi connectivity index (χ1v) is 17.6. The van der Waals surface area contributed by atoms with Gasteiger partial charge in [-0.15, -0.1) is 0 Å². The smallest absolute Gasteiger partial charge is 0.220 e. The van der Waals surface area contributed by atoms with Crippen LogP contribution in [0.1, 0.15) is 195 Å². The van der Waals surface area contributed by atoms with Crippen LogP contribution in [0.25, 0.3) is 0 Å². The Hall–Kier alpha value is -1.06. The number of unbranched alkanes of at least 4 members (excludes halogenated alkanes) is 22. The van der Waals surface area contributed by atoms with Crippen molar-refractivity contribution in [2.45, 2.75) is 201 Å². The molecule has 0 aliphatic rings. The highest BCUT2D eigenvalue weighted by atomic mass is 16.2. The van der Waals surface area contributed by atoms with Gasteiger partial charge < -0.3 is 10.6 Å². The van der Waals surface area contributed by atoms with Gasteiger partial charge in [-0.05, 0) is 18.8 Å². The third-order valence-corrected chi connectivity index (χ3v) is 8.19. The van der Waals surface area contributed by atoms with E-state index in [2.05, 4.69) is 38.3 Å². The van der Waals surface area contributed by atoms with Gasteiger partial charge >= 0.3 is 0 Å². The summed E-state index contributed by atoms with van der Waals surface area (Å²) in [7, 11) is 0. The van der Waals surface area contributed by atoms with Crippen molar-refractivity contribution in [1.29, 1.82) is 0 Å². The van der Waals surface area contributed by atoms with E-state index in [1.807, 2.05) is 0 Å². The molecular weight excluding hydrogens is 480 g/mol. The maximum absolute atomic E-state index is 12.5. The van der Waals surface area contributed by atoms with Gasteiger partial charge in [-0.3, -0.25) is 9.59 Å². The molecular formula is C35H70N2O2. The van der Waals surface area contributed by atoms with Crippen molar-refractivity contribution in [3.8, 4) is 0 Å². The number of hydrogen-bond acceptors (Lipinski definition) is 2. The minimum absolute atomic E-state index is 0.0146. The standard InChI is InChI=1S/C35H70N2O2/c1-5-7-9-11-13-15-17-18-20-22-24-26-28-30-35(39)37-33(32(3)4)31-36-34(38)29-27-25-23-21-19-16-14-12-10-8-6-2/h32-33H,5-31H2,1-4H3,(H,36,38)(H,37,39)/t33-/m0/s1. The van der Waals surface area contributed by atoms with Crippen LogP contribution in [0.3, 0.4) is 0 Å². The molecule has 232 valence electrons. The van der Waals surface area contributed by atoms with Crippen LogP contribution < -0.4 is 10.6 Å². The molecule has 0 unspecified atom stereocenters. The number of carbonyl (C=O) groups is 2. The van der Waals surface area contributed by atoms with Crippen molar-refractivity contribution >= 4 is 11.8 Å². The summed E-state index contributed by atoms with van der Waals surface area (Å²) in [4.78, 5) is 24.8. The van der Waals surface area contributed by atoms with E-state index < -0.39 is 0 Å². The van der Waals surface area contributed by atoms with Gasteiger partial charge in [0.2, 0.25) is 11.8 Å². The fourth-order valence-corrected chi connectivity index (χ4v) is 5.30. The molecule has 0 rings (SSSR count). The molecule has 2 amide bonds. The topological polar surface area (TPSA) is 58.2 Å². The fourth-order valence-electron chi connectivity index (χ4n) is 5.30. The first-order chi connectivity index (χ1) is 19.0. The lowest BCUT2D eigenvalue weighted by Crippen LogP contribution is -2.46. The molecule has 0 fully saturated rings. The highest BCUT2D eigenvalue weighted by Crippen LogP contribution is 2.14. The van der Waals surface area contributed by atoms with Crippen LogP contribution in [0.2, 0.25) is 0 Å². The van der Waals surface area contributed by atoms with Crippen molar-refractivity contribution in [1.82, 2.24) is 10.6 Å². The van der Waals surface area contributed by atoms with Crippen LogP contribution in [0, 0.1) is 5.92 Å². The highest BCUT2D eigenvalue weighted by Gasteiger charge is 2.17. The lowest BCUT2D eigenvalue weighted by atomic mass is 10.0. The van der Waals surface area contributed by atoms with Gasteiger partial charge in [0.15, 0.2) is 0 Å². The van der Waals surface area contributed by atoms with Crippen LogP contribution in [0.4, 0.5) is 0 Å². The Labute approximate surface area is 245 Å². The molecule has 0 radical (unpaired) electrons. The molecule has 0 aromatic heterocycles. The van der Waals surface area contributed by atoms with E-state index in [-0.39, 0.29) is 17.9 Å². The van der Waals surface area contributed by atoms with Crippen molar-refractivity contribution in [2.75, 3.05) is 6.54 Å². The lowest BCUT2D eigenvalue weighted by Gasteiger charge is -2.23. The van der Waals surface area contributed by atoms with Gasteiger partial charge in [-0.2, -0.15) is 0 Å². The summed E-state index contributed by atoms with van der Waals surface area (Å²) in [5.41, 5.74) is 0. The van der Waals surface area contributed by atoms with Crippen LogP contribution in [0.15, 0.2) is 0 Å². The van der Waals surface area contributed by atoms with Crippen molar-refractivity contribution in [3.63, 3.8) is 0 Å². The second-order valence-corrected chi connectivity index (χ2v) is 12.5. The molecule has 0 aliphatic carbocycles. The quantitative estimate of drug-likeness (QED) is 0.0874. The Kier molecular flexibility index (Phi) is 29.1. The lowest BCUT2D eigenvalue weighted by molar-refractivity contribution is -0.124. The van der Waals surface area contributed by atoms with E-state index in [1.165, 1.54) is 128 Å². The van der Waals surface area contributed by atoms with Gasteiger partial charge in [-0.1, -0.05) is 169 Å². The minimum Gasteiger partial charge on any atom is -0.354 e. The Morgan fingerprint density at radius 2 is 0.769 bits per heavy atom. The Bertz CT molecular complexity index is 535. The first-order valence-electron chi connectivity index (χ1n) is 17.6. The maximum Gasteiger partial charge on any atom is 0.220 e. The summed E-state index contributed by atoms with van der Waals surface area (Å²) in [6.45, 7) is 9.32. The molecule has 0 aromatic carbocycles. The van der Waals surface area contributed by atoms with Gasteiger partial charge in [0.1, 0.15) is 0 Å². The van der Waals surface area contributed by atoms with E-state index in [0.717, 1.165) is 25.7 Å². The van der Waals surface area contributed by atoms with Gasteiger partial charge in [0.25, 0.3) is 0 Å². The number of rotatable bonds is 30. The van der Waals surface area contributed by atoms with E-state index in [0.29, 0.717) is 25.3 Å². The molecule has 0 heterocycles. The molecule has 0 aromatic rings. The van der Waals surface area contributed by atoms with Crippen molar-refractivity contribution in [3.05, 3.63) is 0 Å². The van der Waals surface area contributed by atoms with Gasteiger partial charge in [-0.25, -0.2) is 0 Å².